The summed E-state index contributed by atoms with van der Waals surface area (Å²) < 4.78 is 56.3. The van der Waals surface area contributed by atoms with Crippen molar-refractivity contribution in [2.45, 2.75) is 17.9 Å². The van der Waals surface area contributed by atoms with Crippen molar-refractivity contribution in [2.75, 3.05) is 4.72 Å². The van der Waals surface area contributed by atoms with Crippen LogP contribution in [0.1, 0.15) is 17.8 Å². The number of sulfonamides is 1. The third kappa shape index (κ3) is 3.97. The number of aromatic nitrogens is 2. The van der Waals surface area contributed by atoms with Gasteiger partial charge in [-0.2, -0.15) is 4.98 Å². The molecule has 0 spiro atoms. The van der Waals surface area contributed by atoms with Gasteiger partial charge in [0.1, 0.15) is 10.7 Å². The van der Waals surface area contributed by atoms with Crippen LogP contribution in [0.25, 0.3) is 22.6 Å². The monoisotopic (exact) mass is 499 g/mol. The molecule has 10 heteroatoms. The van der Waals surface area contributed by atoms with E-state index in [-0.39, 0.29) is 11.2 Å². The van der Waals surface area contributed by atoms with Gasteiger partial charge in [-0.1, -0.05) is 35.9 Å². The Labute approximate surface area is 198 Å². The lowest BCUT2D eigenvalue weighted by Crippen LogP contribution is -2.14. The second kappa shape index (κ2) is 8.34. The van der Waals surface area contributed by atoms with E-state index in [4.69, 9.17) is 11.6 Å². The van der Waals surface area contributed by atoms with E-state index in [0.717, 1.165) is 16.7 Å². The molecule has 6 nitrogen and oxygen atoms in total. The number of nitrogens with one attached hydrogen (secondary N) is 1. The fourth-order valence-electron chi connectivity index (χ4n) is 3.94. The predicted molar refractivity (Wildman–Crippen MR) is 127 cm³/mol. The number of rotatable bonds is 4. The highest BCUT2D eigenvalue weighted by Gasteiger charge is 2.22. The van der Waals surface area contributed by atoms with Gasteiger partial charge in [0, 0.05) is 12.2 Å². The summed E-state index contributed by atoms with van der Waals surface area (Å²) in [7, 11) is -4.24. The zero-order valence-electron chi connectivity index (χ0n) is 17.4. The lowest BCUT2D eigenvalue weighted by molar-refractivity contribution is 0.504. The van der Waals surface area contributed by atoms with Crippen LogP contribution in [-0.2, 0) is 16.6 Å². The lowest BCUT2D eigenvalue weighted by atomic mass is 10.1. The first-order valence-corrected chi connectivity index (χ1v) is 12.1. The Hall–Kier alpha value is -3.56. The van der Waals surface area contributed by atoms with Gasteiger partial charge >= 0.3 is 0 Å². The molecule has 0 unspecified atom stereocenters. The molecule has 1 N–H and O–H groups in total. The van der Waals surface area contributed by atoms with E-state index < -0.39 is 31.6 Å². The SMILES string of the molecule is O=c1nc2n(c3ccccc13)CC/C2=C\c1ccc(NS(=O)(=O)c2cc(F)c(F)cc2Cl)cc1. The topological polar surface area (TPSA) is 81.1 Å². The molecule has 0 aliphatic carbocycles. The number of anilines is 1. The van der Waals surface area contributed by atoms with E-state index in [2.05, 4.69) is 9.71 Å². The van der Waals surface area contributed by atoms with Crippen LogP contribution in [0.15, 0.2) is 70.4 Å². The van der Waals surface area contributed by atoms with Gasteiger partial charge in [-0.25, -0.2) is 17.2 Å². The van der Waals surface area contributed by atoms with E-state index in [9.17, 15) is 22.0 Å². The van der Waals surface area contributed by atoms with E-state index in [1.807, 2.05) is 22.8 Å². The van der Waals surface area contributed by atoms with E-state index in [1.165, 1.54) is 12.1 Å². The smallest absolute Gasteiger partial charge is 0.281 e. The molecule has 0 bridgehead atoms. The van der Waals surface area contributed by atoms with Crippen molar-refractivity contribution in [1.82, 2.24) is 9.55 Å². The molecule has 4 aromatic rings. The molecule has 1 aliphatic heterocycles. The Kier molecular flexibility index (Phi) is 5.45. The number of hydrogen-bond acceptors (Lipinski definition) is 4. The highest BCUT2D eigenvalue weighted by molar-refractivity contribution is 7.92. The molecule has 2 heterocycles. The highest BCUT2D eigenvalue weighted by Crippen LogP contribution is 2.30. The number of para-hydroxylation sites is 1. The summed E-state index contributed by atoms with van der Waals surface area (Å²) in [6.07, 6.45) is 2.59. The molecule has 172 valence electrons. The first kappa shape index (κ1) is 22.2. The maximum absolute atomic E-state index is 13.5. The lowest BCUT2D eigenvalue weighted by Gasteiger charge is -2.10. The molecule has 3 aromatic carbocycles. The molecule has 0 fully saturated rings. The van der Waals surface area contributed by atoms with Crippen LogP contribution in [0.5, 0.6) is 0 Å². The van der Waals surface area contributed by atoms with E-state index in [0.29, 0.717) is 36.3 Å². The number of aryl methyl sites for hydroxylation is 1. The Balaban J connectivity index is 1.42. The second-order valence-electron chi connectivity index (χ2n) is 7.75. The van der Waals surface area contributed by atoms with Crippen LogP contribution in [-0.4, -0.2) is 18.0 Å². The summed E-state index contributed by atoms with van der Waals surface area (Å²) in [6, 6.07) is 14.9. The minimum atomic E-state index is -4.24. The molecular formula is C24H16ClF2N3O3S. The first-order valence-electron chi connectivity index (χ1n) is 10.2. The van der Waals surface area contributed by atoms with Crippen LogP contribution < -0.4 is 10.3 Å². The van der Waals surface area contributed by atoms with Crippen molar-refractivity contribution in [1.29, 1.82) is 0 Å². The maximum atomic E-state index is 13.5. The first-order chi connectivity index (χ1) is 16.2. The minimum Gasteiger partial charge on any atom is -0.325 e. The molecule has 0 saturated carbocycles. The zero-order chi connectivity index (χ0) is 24.0. The van der Waals surface area contributed by atoms with Gasteiger partial charge in [-0.15, -0.1) is 0 Å². The van der Waals surface area contributed by atoms with Gasteiger partial charge in [0.2, 0.25) is 0 Å². The molecule has 1 aliphatic rings. The standard InChI is InChI=1S/C24H16ClF2N3O3S/c25-18-12-19(26)20(27)13-22(18)34(32,33)29-16-7-5-14(6-8-16)11-15-9-10-30-21-4-2-1-3-17(21)24(31)28-23(15)30/h1-8,11-13,29H,9-10H2/b15-11+. The summed E-state index contributed by atoms with van der Waals surface area (Å²) in [5.74, 6) is -1.94. The molecule has 0 amide bonds. The highest BCUT2D eigenvalue weighted by atomic mass is 35.5. The van der Waals surface area contributed by atoms with Crippen molar-refractivity contribution in [3.8, 4) is 0 Å². The van der Waals surface area contributed by atoms with E-state index in [1.54, 1.807) is 24.3 Å². The average Bonchev–Trinajstić information content (AvgIpc) is 3.20. The number of halogens is 3. The van der Waals surface area contributed by atoms with Crippen molar-refractivity contribution in [3.63, 3.8) is 0 Å². The van der Waals surface area contributed by atoms with Gasteiger partial charge in [-0.3, -0.25) is 9.52 Å². The Morgan fingerprint density at radius 1 is 1.03 bits per heavy atom. The second-order valence-corrected chi connectivity index (χ2v) is 9.81. The fourth-order valence-corrected chi connectivity index (χ4v) is 5.53. The minimum absolute atomic E-state index is 0.218. The van der Waals surface area contributed by atoms with Gasteiger partial charge in [-0.05, 0) is 60.0 Å². The summed E-state index contributed by atoms with van der Waals surface area (Å²) in [4.78, 5) is 16.1. The number of hydrogen-bond donors (Lipinski definition) is 1. The molecule has 0 saturated heterocycles. The Bertz CT molecular complexity index is 1650. The van der Waals surface area contributed by atoms with Crippen molar-refractivity contribution < 1.29 is 17.2 Å². The van der Waals surface area contributed by atoms with Crippen molar-refractivity contribution >= 4 is 49.9 Å². The van der Waals surface area contributed by atoms with Gasteiger partial charge in [0.15, 0.2) is 11.6 Å². The number of benzene rings is 3. The number of fused-ring (bicyclic) bond motifs is 3. The van der Waals surface area contributed by atoms with Crippen LogP contribution in [0.2, 0.25) is 5.02 Å². The van der Waals surface area contributed by atoms with Crippen LogP contribution in [0.3, 0.4) is 0 Å². The fraction of sp³-hybridized carbons (Fsp3) is 0.0833. The Morgan fingerprint density at radius 3 is 2.50 bits per heavy atom. The van der Waals surface area contributed by atoms with Crippen LogP contribution in [0.4, 0.5) is 14.5 Å². The molecule has 5 rings (SSSR count). The normalized spacial score (nSPS) is 14.5. The molecule has 1 aromatic heterocycles. The van der Waals surface area contributed by atoms with Crippen LogP contribution >= 0.6 is 11.6 Å². The largest absolute Gasteiger partial charge is 0.325 e. The number of nitrogens with zero attached hydrogens (tertiary/aromatic N) is 2. The quantitative estimate of drug-likeness (QED) is 0.397. The summed E-state index contributed by atoms with van der Waals surface area (Å²) in [6.45, 7) is 0.696. The van der Waals surface area contributed by atoms with Crippen molar-refractivity contribution in [3.05, 3.63) is 99.1 Å². The summed E-state index contributed by atoms with van der Waals surface area (Å²) in [5, 5.41) is 0.146. The molecule has 34 heavy (non-hydrogen) atoms. The van der Waals surface area contributed by atoms with E-state index >= 15 is 0 Å². The van der Waals surface area contributed by atoms with Gasteiger partial charge in [0.05, 0.1) is 15.9 Å². The van der Waals surface area contributed by atoms with Gasteiger partial charge < -0.3 is 4.57 Å². The van der Waals surface area contributed by atoms with Crippen molar-refractivity contribution in [2.24, 2.45) is 0 Å². The molecule has 0 atom stereocenters. The molecule has 0 radical (unpaired) electrons. The van der Waals surface area contributed by atoms with Gasteiger partial charge in [0.25, 0.3) is 15.6 Å². The third-order valence-electron chi connectivity index (χ3n) is 5.55. The third-order valence-corrected chi connectivity index (χ3v) is 7.39. The van der Waals surface area contributed by atoms with Crippen LogP contribution in [0, 0.1) is 11.6 Å². The zero-order valence-corrected chi connectivity index (χ0v) is 19.0. The number of allylic oxidation sites excluding steroid dienone is 1. The summed E-state index contributed by atoms with van der Waals surface area (Å²) in [5.41, 5.74) is 2.44. The maximum Gasteiger partial charge on any atom is 0.281 e. The summed E-state index contributed by atoms with van der Waals surface area (Å²) >= 11 is 5.80. The Morgan fingerprint density at radius 2 is 1.74 bits per heavy atom. The average molecular weight is 500 g/mol. The predicted octanol–water partition coefficient (Wildman–Crippen LogP) is 5.07. The molecular weight excluding hydrogens is 484 g/mol.